The van der Waals surface area contributed by atoms with Crippen molar-refractivity contribution in [1.82, 2.24) is 4.57 Å². The van der Waals surface area contributed by atoms with Crippen LogP contribution in [0.15, 0.2) is 376 Å². The van der Waals surface area contributed by atoms with Crippen LogP contribution in [0.25, 0.3) is 148 Å². The number of para-hydroxylation sites is 2. The Hall–Kier alpha value is -13.5. The molecule has 0 saturated heterocycles. The molecule has 3 heterocycles. The molecule has 0 aliphatic carbocycles. The minimum atomic E-state index is -0.517. The van der Waals surface area contributed by atoms with E-state index in [-0.39, 0.29) is 63.0 Å². The van der Waals surface area contributed by atoms with Gasteiger partial charge in [-0.1, -0.05) is 339 Å². The molecule has 4 heteroatoms. The molecule has 2 aliphatic heterocycles. The summed E-state index contributed by atoms with van der Waals surface area (Å²) in [4.78, 5) is 5.13. The number of nitrogens with zero attached hydrogens (tertiary/aromatic N) is 3. The number of anilines is 6. The molecule has 112 heavy (non-hydrogen) atoms. The van der Waals surface area contributed by atoms with Crippen molar-refractivity contribution in [3.63, 3.8) is 0 Å². The number of benzene rings is 18. The number of aromatic nitrogens is 1. The second-order valence-electron chi connectivity index (χ2n) is 32.2. The zero-order valence-corrected chi connectivity index (χ0v) is 63.2. The molecule has 18 aromatic carbocycles. The zero-order chi connectivity index (χ0) is 81.2. The summed E-state index contributed by atoms with van der Waals surface area (Å²) in [6.07, 6.45) is 0. The topological polar surface area (TPSA) is 11.4 Å². The van der Waals surface area contributed by atoms with Gasteiger partial charge in [0.2, 0.25) is 0 Å². The third-order valence-corrected chi connectivity index (χ3v) is 23.4. The van der Waals surface area contributed by atoms with E-state index in [0.29, 0.717) is 11.3 Å². The summed E-state index contributed by atoms with van der Waals surface area (Å²) >= 11 is 0. The summed E-state index contributed by atoms with van der Waals surface area (Å²) in [6.45, 7) is 13.2. The van der Waals surface area contributed by atoms with Crippen molar-refractivity contribution in [2.45, 2.75) is 52.4 Å². The Labute approximate surface area is 665 Å². The van der Waals surface area contributed by atoms with E-state index < -0.39 is 24.2 Å². The Bertz CT molecular complexity index is 7280. The number of hydrogen-bond donors (Lipinski definition) is 0. The van der Waals surface area contributed by atoms with Crippen LogP contribution in [0.1, 0.15) is 62.3 Å². The average Bonchev–Trinajstić information content (AvgIpc) is 1.48. The lowest BCUT2D eigenvalue weighted by molar-refractivity contribution is 0.590. The van der Waals surface area contributed by atoms with Gasteiger partial charge in [-0.05, 0) is 216 Å². The molecule has 0 radical (unpaired) electrons. The summed E-state index contributed by atoms with van der Waals surface area (Å²) in [5.41, 5.74) is 24.1. The van der Waals surface area contributed by atoms with Gasteiger partial charge in [-0.15, -0.1) is 0 Å². The lowest BCUT2D eigenvalue weighted by Gasteiger charge is -2.46. The average molecular weight is 1440 g/mol. The maximum Gasteiger partial charge on any atom is 0.252 e. The van der Waals surface area contributed by atoms with Crippen LogP contribution in [0.2, 0.25) is 0 Å². The maximum atomic E-state index is 10.4. The molecule has 0 bridgehead atoms. The highest BCUT2D eigenvalue weighted by Gasteiger charge is 2.46. The summed E-state index contributed by atoms with van der Waals surface area (Å²) in [6, 6.07) is 119. The molecule has 3 nitrogen and oxygen atoms in total. The Morgan fingerprint density at radius 3 is 1.29 bits per heavy atom. The molecule has 0 atom stereocenters. The third-order valence-electron chi connectivity index (χ3n) is 23.4. The smallest absolute Gasteiger partial charge is 0.252 e. The van der Waals surface area contributed by atoms with Gasteiger partial charge < -0.3 is 14.4 Å². The predicted octanol–water partition coefficient (Wildman–Crippen LogP) is 27.7. The van der Waals surface area contributed by atoms with Gasteiger partial charge in [0.15, 0.2) is 0 Å². The van der Waals surface area contributed by atoms with E-state index in [2.05, 4.69) is 349 Å². The van der Waals surface area contributed by atoms with Crippen molar-refractivity contribution in [3.05, 3.63) is 387 Å². The second-order valence-corrected chi connectivity index (χ2v) is 32.2. The Morgan fingerprint density at radius 2 is 0.714 bits per heavy atom. The highest BCUT2D eigenvalue weighted by molar-refractivity contribution is 7.00. The standard InChI is InChI=1S/C108H80BN3/c1-107(2,3)83-64-93(71-31-15-9-16-32-71)106(94(65-83)72-33-17-10-18-34-72)112-101-68-85(110-98-44-24-23-41-90(98)95-60-79(53-57-99(95)110)70-29-13-8-14-30-70)55-56-96(101)109-97-63-80(78-38-25-37-77(59-78)69-27-11-7-12-28-69)54-58-100(97)111(102-66-84(108(4,5)6)67-103(112)104(102)109)105-88(81-51-49-75-47-45-73-35-19-21-39-86(73)91(75)61-81)42-26-43-89(105)82-52-50-76-48-46-74-36-20-22-40-87(74)92(76)62-82/h7-68H,1-6H3/i23D,24D,41D,44D,53D,57D,60D. The quantitative estimate of drug-likeness (QED) is 0.0999. The van der Waals surface area contributed by atoms with E-state index in [1.54, 1.807) is 4.57 Å². The minimum absolute atomic E-state index is 0.0999. The van der Waals surface area contributed by atoms with Crippen LogP contribution in [-0.4, -0.2) is 11.3 Å². The Morgan fingerprint density at radius 1 is 0.268 bits per heavy atom. The number of rotatable bonds is 10. The number of hydrogen-bond acceptors (Lipinski definition) is 2. The Balaban J connectivity index is 0.941. The van der Waals surface area contributed by atoms with Crippen LogP contribution >= 0.6 is 0 Å². The van der Waals surface area contributed by atoms with Crippen LogP contribution in [0, 0.1) is 0 Å². The fourth-order valence-corrected chi connectivity index (χ4v) is 17.8. The molecular weight excluding hydrogens is 1350 g/mol. The molecular formula is C108H80BN3. The SMILES string of the molecule is [2H]c1c([2H])c([2H])c2c(c1[2H])c1c([2H])c(-c3ccccc3)c([2H])c([2H])c1n2-c1ccc2c(c1)N(c1c(-c3ccccc3)cc(C(C)(C)C)cc1-c1ccccc1)c1cc(C(C)(C)C)cc3c1B2c1cc(-c2cccc(-c4ccccc4)c2)ccc1N3c1c(-c2ccc3ccc4ccccc4c3c2)cccc1-c1ccc2ccc3ccccc3c2c1. The lowest BCUT2D eigenvalue weighted by Crippen LogP contribution is -2.61. The van der Waals surface area contributed by atoms with Gasteiger partial charge in [0, 0.05) is 61.5 Å². The first-order chi connectivity index (χ1) is 57.7. The minimum Gasteiger partial charge on any atom is -0.310 e. The van der Waals surface area contributed by atoms with Crippen molar-refractivity contribution in [1.29, 1.82) is 0 Å². The van der Waals surface area contributed by atoms with Crippen LogP contribution in [-0.2, 0) is 10.8 Å². The molecule has 0 unspecified atom stereocenters. The molecule has 530 valence electrons. The van der Waals surface area contributed by atoms with Gasteiger partial charge in [0.05, 0.1) is 32.0 Å². The fraction of sp³-hybridized carbons (Fsp3) is 0.0741. The van der Waals surface area contributed by atoms with Gasteiger partial charge in [0.1, 0.15) is 0 Å². The first-order valence-corrected chi connectivity index (χ1v) is 38.8. The first kappa shape index (κ1) is 59.4. The van der Waals surface area contributed by atoms with Crippen molar-refractivity contribution >= 4 is 122 Å². The van der Waals surface area contributed by atoms with Crippen molar-refractivity contribution in [2.75, 3.05) is 9.80 Å². The van der Waals surface area contributed by atoms with Crippen molar-refractivity contribution < 1.29 is 9.60 Å². The first-order valence-electron chi connectivity index (χ1n) is 42.3. The summed E-state index contributed by atoms with van der Waals surface area (Å²) in [7, 11) is 0. The highest BCUT2D eigenvalue weighted by atomic mass is 15.2. The molecule has 0 N–H and O–H groups in total. The molecule has 0 amide bonds. The fourth-order valence-electron chi connectivity index (χ4n) is 17.8. The third kappa shape index (κ3) is 11.0. The monoisotopic (exact) mass is 1440 g/mol. The summed E-state index contributed by atoms with van der Waals surface area (Å²) < 4.78 is 71.3. The molecule has 21 rings (SSSR count). The lowest BCUT2D eigenvalue weighted by atomic mass is 9.33. The van der Waals surface area contributed by atoms with Gasteiger partial charge in [-0.3, -0.25) is 0 Å². The van der Waals surface area contributed by atoms with E-state index in [4.69, 9.17) is 0 Å². The molecule has 19 aromatic rings. The van der Waals surface area contributed by atoms with E-state index in [0.717, 1.165) is 150 Å². The van der Waals surface area contributed by atoms with E-state index in [1.165, 1.54) is 21.5 Å². The van der Waals surface area contributed by atoms with Gasteiger partial charge in [-0.25, -0.2) is 0 Å². The van der Waals surface area contributed by atoms with Crippen molar-refractivity contribution in [3.8, 4) is 83.6 Å². The van der Waals surface area contributed by atoms with E-state index >= 15 is 0 Å². The maximum absolute atomic E-state index is 10.4. The van der Waals surface area contributed by atoms with E-state index in [9.17, 15) is 9.60 Å². The van der Waals surface area contributed by atoms with Crippen LogP contribution in [0.3, 0.4) is 0 Å². The van der Waals surface area contributed by atoms with Crippen LogP contribution < -0.4 is 26.2 Å². The summed E-state index contributed by atoms with van der Waals surface area (Å²) in [5, 5.41) is 9.59. The molecule has 0 spiro atoms. The van der Waals surface area contributed by atoms with Gasteiger partial charge >= 0.3 is 0 Å². The second kappa shape index (κ2) is 26.1. The molecule has 0 fully saturated rings. The van der Waals surface area contributed by atoms with Crippen molar-refractivity contribution in [2.24, 2.45) is 0 Å². The molecule has 2 aliphatic rings. The Kier molecular flexibility index (Phi) is 13.8. The highest BCUT2D eigenvalue weighted by Crippen LogP contribution is 2.56. The normalized spacial score (nSPS) is 13.6. The molecule has 1 aromatic heterocycles. The predicted molar refractivity (Wildman–Crippen MR) is 480 cm³/mol. The number of fused-ring (bicyclic) bond motifs is 13. The van der Waals surface area contributed by atoms with Crippen LogP contribution in [0.4, 0.5) is 34.1 Å². The largest absolute Gasteiger partial charge is 0.310 e. The van der Waals surface area contributed by atoms with Crippen LogP contribution in [0.5, 0.6) is 0 Å². The van der Waals surface area contributed by atoms with E-state index in [1.807, 2.05) is 36.4 Å². The van der Waals surface area contributed by atoms with Gasteiger partial charge in [-0.2, -0.15) is 0 Å². The summed E-state index contributed by atoms with van der Waals surface area (Å²) in [5.74, 6) is 0. The van der Waals surface area contributed by atoms with Gasteiger partial charge in [0.25, 0.3) is 6.71 Å². The molecule has 0 saturated carbocycles. The zero-order valence-electron chi connectivity index (χ0n) is 70.2.